The van der Waals surface area contributed by atoms with Crippen LogP contribution >= 0.6 is 0 Å². The largest absolute Gasteiger partial charge is 0.375 e. The molecule has 0 aromatic heterocycles. The lowest BCUT2D eigenvalue weighted by molar-refractivity contribution is -0.144. The summed E-state index contributed by atoms with van der Waals surface area (Å²) in [5, 5.41) is 0. The highest BCUT2D eigenvalue weighted by molar-refractivity contribution is 6.06. The van der Waals surface area contributed by atoms with E-state index in [1.165, 1.54) is 69.1 Å². The Morgan fingerprint density at radius 2 is 0.718 bits per heavy atom. The Labute approximate surface area is 469 Å². The lowest BCUT2D eigenvalue weighted by atomic mass is 9.60. The van der Waals surface area contributed by atoms with Gasteiger partial charge in [0.2, 0.25) is 35.4 Å². The first-order chi connectivity index (χ1) is 37.5. The summed E-state index contributed by atoms with van der Waals surface area (Å²) >= 11 is 0. The number of nitrogens with zero attached hydrogens (tertiary/aromatic N) is 3. The fourth-order valence-electron chi connectivity index (χ4n) is 19.2. The third-order valence-electron chi connectivity index (χ3n) is 24.4. The molecule has 0 N–H and O–H groups in total. The number of rotatable bonds is 17. The summed E-state index contributed by atoms with van der Waals surface area (Å²) in [6, 6.07) is 0.119. The van der Waals surface area contributed by atoms with E-state index in [4.69, 9.17) is 14.2 Å². The molecule has 436 valence electrons. The lowest BCUT2D eigenvalue weighted by Crippen LogP contribution is -2.42. The highest BCUT2D eigenvalue weighted by Crippen LogP contribution is 2.52. The van der Waals surface area contributed by atoms with Crippen molar-refractivity contribution >= 4 is 35.4 Å². The van der Waals surface area contributed by atoms with Crippen LogP contribution in [0, 0.1) is 75.9 Å². The van der Waals surface area contributed by atoms with Gasteiger partial charge in [-0.05, 0) is 214 Å². The van der Waals surface area contributed by atoms with Gasteiger partial charge in [0, 0.05) is 19.1 Å². The SMILES string of the molecule is CC(CCCN1C(=O)C2CCC(OC3CCC(C(C)(C)C4CCC(OC5CCC6C(=O)N(C7CCCCC7)C(=O)C6C5)CC4)CC3)CC2C1=O)CN1C(=O)C2CCC(OC3CCC(C(C)(C)C4CCCCC4)CC3)CC2C1=O. The quantitative estimate of drug-likeness (QED) is 0.130. The van der Waals surface area contributed by atoms with Gasteiger partial charge >= 0.3 is 0 Å². The molecule has 3 heterocycles. The Balaban J connectivity index is 0.567. The van der Waals surface area contributed by atoms with E-state index in [2.05, 4.69) is 34.6 Å². The monoisotopic (exact) mass is 1080 g/mol. The van der Waals surface area contributed by atoms with Crippen LogP contribution in [0.25, 0.3) is 0 Å². The van der Waals surface area contributed by atoms with Gasteiger partial charge in [-0.2, -0.15) is 0 Å². The second-order valence-corrected chi connectivity index (χ2v) is 29.5. The molecule has 78 heavy (non-hydrogen) atoms. The van der Waals surface area contributed by atoms with Gasteiger partial charge in [-0.1, -0.05) is 73.1 Å². The molecule has 0 aromatic carbocycles. The highest BCUT2D eigenvalue weighted by atomic mass is 16.5. The van der Waals surface area contributed by atoms with Crippen molar-refractivity contribution in [1.82, 2.24) is 14.7 Å². The molecule has 12 nitrogen and oxygen atoms in total. The van der Waals surface area contributed by atoms with Crippen molar-refractivity contribution in [2.45, 2.75) is 289 Å². The Bertz CT molecular complexity index is 2140. The van der Waals surface area contributed by atoms with Gasteiger partial charge in [0.1, 0.15) is 0 Å². The van der Waals surface area contributed by atoms with Crippen LogP contribution in [0.4, 0.5) is 0 Å². The zero-order valence-corrected chi connectivity index (χ0v) is 49.2. The van der Waals surface area contributed by atoms with Gasteiger partial charge < -0.3 is 14.2 Å². The van der Waals surface area contributed by atoms with Crippen molar-refractivity contribution in [3.05, 3.63) is 0 Å². The van der Waals surface area contributed by atoms with Crippen LogP contribution in [-0.2, 0) is 43.0 Å². The van der Waals surface area contributed by atoms with Crippen LogP contribution < -0.4 is 0 Å². The molecule has 11 aliphatic rings. The normalized spacial score (nSPS) is 39.2. The molecular formula is C66H103N3O9. The fraction of sp³-hybridized carbons (Fsp3) is 0.909. The second-order valence-electron chi connectivity index (χ2n) is 29.5. The number of likely N-dealkylation sites (tertiary alicyclic amines) is 3. The molecule has 11 fully saturated rings. The third-order valence-corrected chi connectivity index (χ3v) is 24.4. The summed E-state index contributed by atoms with van der Waals surface area (Å²) in [6.45, 7) is 12.9. The Kier molecular flexibility index (Phi) is 17.8. The number of carbonyl (C=O) groups excluding carboxylic acids is 6. The van der Waals surface area contributed by atoms with Crippen molar-refractivity contribution in [3.8, 4) is 0 Å². The van der Waals surface area contributed by atoms with E-state index in [-0.39, 0.29) is 125 Å². The predicted molar refractivity (Wildman–Crippen MR) is 299 cm³/mol. The molecule has 3 saturated heterocycles. The maximum Gasteiger partial charge on any atom is 0.233 e. The number of ether oxygens (including phenoxy) is 3. The van der Waals surface area contributed by atoms with Crippen molar-refractivity contribution in [1.29, 1.82) is 0 Å². The molecule has 12 heteroatoms. The minimum Gasteiger partial charge on any atom is -0.375 e. The molecule has 0 bridgehead atoms. The van der Waals surface area contributed by atoms with Crippen LogP contribution in [-0.4, -0.2) is 106 Å². The molecule has 8 saturated carbocycles. The van der Waals surface area contributed by atoms with Crippen LogP contribution in [0.3, 0.4) is 0 Å². The molecule has 3 aliphatic heterocycles. The second kappa shape index (κ2) is 24.3. The number of hydrogen-bond acceptors (Lipinski definition) is 9. The van der Waals surface area contributed by atoms with E-state index < -0.39 is 0 Å². The molecule has 0 aromatic rings. The summed E-state index contributed by atoms with van der Waals surface area (Å²) in [4.78, 5) is 86.8. The van der Waals surface area contributed by atoms with Crippen molar-refractivity contribution in [3.63, 3.8) is 0 Å². The summed E-state index contributed by atoms with van der Waals surface area (Å²) in [6.07, 6.45) is 34.9. The van der Waals surface area contributed by atoms with E-state index in [0.717, 1.165) is 127 Å². The van der Waals surface area contributed by atoms with E-state index in [9.17, 15) is 28.8 Å². The first kappa shape index (κ1) is 57.1. The smallest absolute Gasteiger partial charge is 0.233 e. The number of carbonyl (C=O) groups is 6. The van der Waals surface area contributed by atoms with E-state index in [1.807, 2.05) is 0 Å². The molecule has 6 amide bonds. The van der Waals surface area contributed by atoms with Crippen LogP contribution in [0.1, 0.15) is 247 Å². The molecule has 10 unspecified atom stereocenters. The first-order valence-corrected chi connectivity index (χ1v) is 33.1. The summed E-state index contributed by atoms with van der Waals surface area (Å²) in [7, 11) is 0. The fourth-order valence-corrected chi connectivity index (χ4v) is 19.2. The highest BCUT2D eigenvalue weighted by Gasteiger charge is 2.55. The van der Waals surface area contributed by atoms with Crippen molar-refractivity contribution < 1.29 is 43.0 Å². The first-order valence-electron chi connectivity index (χ1n) is 33.1. The third kappa shape index (κ3) is 11.8. The summed E-state index contributed by atoms with van der Waals surface area (Å²) in [5.74, 6) is 1.74. The molecular weight excluding hydrogens is 979 g/mol. The number of amides is 6. The van der Waals surface area contributed by atoms with Crippen LogP contribution in [0.2, 0.25) is 0 Å². The van der Waals surface area contributed by atoms with E-state index >= 15 is 0 Å². The van der Waals surface area contributed by atoms with Gasteiger partial charge in [0.25, 0.3) is 0 Å². The summed E-state index contributed by atoms with van der Waals surface area (Å²) < 4.78 is 20.3. The number of imide groups is 3. The van der Waals surface area contributed by atoms with Crippen LogP contribution in [0.5, 0.6) is 0 Å². The zero-order chi connectivity index (χ0) is 54.5. The van der Waals surface area contributed by atoms with E-state index in [0.29, 0.717) is 62.4 Å². The average molecular weight is 1080 g/mol. The van der Waals surface area contributed by atoms with Gasteiger partial charge in [-0.15, -0.1) is 0 Å². The lowest BCUT2D eigenvalue weighted by Gasteiger charge is -2.47. The van der Waals surface area contributed by atoms with E-state index in [1.54, 1.807) is 9.80 Å². The Morgan fingerprint density at radius 1 is 0.385 bits per heavy atom. The van der Waals surface area contributed by atoms with Gasteiger partial charge in [-0.3, -0.25) is 43.5 Å². The minimum absolute atomic E-state index is 0.00961. The van der Waals surface area contributed by atoms with Crippen molar-refractivity contribution in [2.75, 3.05) is 13.1 Å². The Hall–Kier alpha value is -2.70. The molecule has 0 radical (unpaired) electrons. The molecule has 8 aliphatic carbocycles. The number of fused-ring (bicyclic) bond motifs is 3. The summed E-state index contributed by atoms with van der Waals surface area (Å²) in [5.41, 5.74) is 0.627. The van der Waals surface area contributed by atoms with Crippen molar-refractivity contribution in [2.24, 2.45) is 75.9 Å². The van der Waals surface area contributed by atoms with Gasteiger partial charge in [0.15, 0.2) is 0 Å². The predicted octanol–water partition coefficient (Wildman–Crippen LogP) is 12.6. The maximum atomic E-state index is 13.9. The minimum atomic E-state index is -0.298. The topological polar surface area (TPSA) is 140 Å². The van der Waals surface area contributed by atoms with Gasteiger partial charge in [0.05, 0.1) is 72.1 Å². The molecule has 10 atom stereocenters. The zero-order valence-electron chi connectivity index (χ0n) is 49.2. The van der Waals surface area contributed by atoms with Crippen LogP contribution in [0.15, 0.2) is 0 Å². The maximum absolute atomic E-state index is 13.9. The van der Waals surface area contributed by atoms with Gasteiger partial charge in [-0.25, -0.2) is 0 Å². The molecule has 11 rings (SSSR count). The standard InChI is InChI=1S/C66H103N3O9/c1-41(40-68-60(71)54-34-31-51(38-57(54)62(68)73)77-47-24-18-43(19-25-47)65(2,3)42-14-8-6-9-15-42)13-12-36-67-59(70)53-33-30-50(37-56(53)61(67)72)76-48-26-20-44(21-27-48)66(4,5)45-22-28-49(29-23-45)78-52-32-35-55-58(39-52)64(75)69(63(55)74)46-16-10-7-11-17-46/h41-58H,6-40H2,1-5H3. The average Bonchev–Trinajstić information content (AvgIpc) is 4.02. The Morgan fingerprint density at radius 3 is 1.17 bits per heavy atom. The number of hydrogen-bond donors (Lipinski definition) is 0. The molecule has 0 spiro atoms.